The topological polar surface area (TPSA) is 71.9 Å². The predicted octanol–water partition coefficient (Wildman–Crippen LogP) is 4.80. The molecule has 0 saturated heterocycles. The van der Waals surface area contributed by atoms with E-state index in [4.69, 9.17) is 9.16 Å². The molecule has 0 bridgehead atoms. The van der Waals surface area contributed by atoms with Crippen LogP contribution in [-0.2, 0) is 4.43 Å². The van der Waals surface area contributed by atoms with E-state index in [9.17, 15) is 10.3 Å². The Morgan fingerprint density at radius 1 is 1.31 bits per heavy atom. The number of carbonyl (C=O) groups is 1. The van der Waals surface area contributed by atoms with Gasteiger partial charge in [0, 0.05) is 13.0 Å². The highest BCUT2D eigenvalue weighted by molar-refractivity contribution is 6.74. The Labute approximate surface area is 157 Å². The summed E-state index contributed by atoms with van der Waals surface area (Å²) in [6.07, 6.45) is 1.26. The Hall–Kier alpha value is -1.75. The fourth-order valence-electron chi connectivity index (χ4n) is 2.84. The van der Waals surface area contributed by atoms with E-state index in [1.54, 1.807) is 19.1 Å². The van der Waals surface area contributed by atoms with Crippen molar-refractivity contribution in [3.05, 3.63) is 34.9 Å². The molecule has 0 saturated carbocycles. The van der Waals surface area contributed by atoms with E-state index in [1.807, 2.05) is 13.0 Å². The van der Waals surface area contributed by atoms with Crippen molar-refractivity contribution in [1.82, 2.24) is 0 Å². The average Bonchev–Trinajstić information content (AvgIpc) is 2.52. The molecule has 1 unspecified atom stereocenters. The second-order valence-corrected chi connectivity index (χ2v) is 13.6. The largest absolute Gasteiger partial charge is 0.474 e. The number of nitrogens with zero attached hydrogens (tertiary/aromatic N) is 2. The minimum Gasteiger partial charge on any atom is -0.474 e. The van der Waals surface area contributed by atoms with Gasteiger partial charge < -0.3 is 14.7 Å². The van der Waals surface area contributed by atoms with Gasteiger partial charge in [-0.1, -0.05) is 32.4 Å². The van der Waals surface area contributed by atoms with Gasteiger partial charge in [0.2, 0.25) is 5.60 Å². The normalized spacial score (nSPS) is 20.4. The zero-order valence-electron chi connectivity index (χ0n) is 17.0. The van der Waals surface area contributed by atoms with Crippen LogP contribution in [0.2, 0.25) is 18.1 Å². The molecular weight excluding hydrogens is 344 g/mol. The first-order valence-electron chi connectivity index (χ1n) is 9.12. The lowest BCUT2D eigenvalue weighted by Crippen LogP contribution is -2.50. The molecule has 0 spiro atoms. The summed E-state index contributed by atoms with van der Waals surface area (Å²) >= 11 is 0. The maximum atomic E-state index is 12.7. The van der Waals surface area contributed by atoms with E-state index in [2.05, 4.69) is 38.7 Å². The van der Waals surface area contributed by atoms with Crippen LogP contribution in [0.15, 0.2) is 18.2 Å². The molecule has 1 aromatic rings. The lowest BCUT2D eigenvalue weighted by Gasteiger charge is -2.36. The van der Waals surface area contributed by atoms with Crippen molar-refractivity contribution in [2.75, 3.05) is 6.61 Å². The molecule has 0 aromatic heterocycles. The number of carbonyl (C=O) groups excluding carboxylic acids is 1. The molecular formula is C20H30N2O3Si. The van der Waals surface area contributed by atoms with Crippen molar-refractivity contribution < 1.29 is 18.7 Å². The molecule has 0 radical (unpaired) electrons. The molecule has 1 aromatic carbocycles. The van der Waals surface area contributed by atoms with Crippen LogP contribution >= 0.6 is 0 Å². The number of ketones is 1. The van der Waals surface area contributed by atoms with Gasteiger partial charge in [-0.3, -0.25) is 4.79 Å². The first kappa shape index (κ1) is 20.6. The molecule has 1 aliphatic rings. The fourth-order valence-corrected chi connectivity index (χ4v) is 3.93. The molecule has 0 N–H and O–H groups in total. The van der Waals surface area contributed by atoms with Crippen LogP contribution in [0.4, 0.5) is 0 Å². The molecule has 142 valence electrons. The summed E-state index contributed by atoms with van der Waals surface area (Å²) < 4.78 is 12.3. The van der Waals surface area contributed by atoms with Gasteiger partial charge in [0.05, 0.1) is 5.56 Å². The van der Waals surface area contributed by atoms with Crippen molar-refractivity contribution in [3.63, 3.8) is 0 Å². The third-order valence-corrected chi connectivity index (χ3v) is 10.1. The third kappa shape index (κ3) is 3.98. The van der Waals surface area contributed by atoms with E-state index < -0.39 is 13.9 Å². The second-order valence-electron chi connectivity index (χ2n) is 8.82. The summed E-state index contributed by atoms with van der Waals surface area (Å²) in [7, 11) is -1.81. The number of hydrogen-bond donors (Lipinski definition) is 0. The number of aryl methyl sites for hydroxylation is 1. The van der Waals surface area contributed by atoms with Crippen LogP contribution in [0.5, 0.6) is 5.75 Å². The van der Waals surface area contributed by atoms with Crippen LogP contribution in [0.3, 0.4) is 0 Å². The van der Waals surface area contributed by atoms with Crippen LogP contribution in [0.1, 0.15) is 56.5 Å². The van der Waals surface area contributed by atoms with Crippen molar-refractivity contribution >= 4 is 19.8 Å². The summed E-state index contributed by atoms with van der Waals surface area (Å²) in [4.78, 5) is 16.0. The summed E-state index contributed by atoms with van der Waals surface area (Å²) in [5, 5.41) is 0.155. The highest BCUT2D eigenvalue weighted by Crippen LogP contribution is 2.37. The number of benzene rings is 1. The Balaban J connectivity index is 2.12. The molecule has 1 heterocycles. The molecule has 2 rings (SSSR count). The SMILES string of the molecule is Cc1ccc2c(c1)C(=O)C(=[N+]=[N-])C(C)(CCCO[Si](C)(C)C(C)(C)C)O2. The van der Waals surface area contributed by atoms with Crippen molar-refractivity contribution in [3.8, 4) is 5.75 Å². The molecule has 6 heteroatoms. The summed E-state index contributed by atoms with van der Waals surface area (Å²) in [5.74, 6) is 0.270. The number of hydrogen-bond acceptors (Lipinski definition) is 3. The van der Waals surface area contributed by atoms with Gasteiger partial charge in [0.25, 0.3) is 5.78 Å². The third-order valence-electron chi connectivity index (χ3n) is 5.60. The molecule has 0 fully saturated rings. The molecule has 0 amide bonds. The van der Waals surface area contributed by atoms with E-state index in [0.717, 1.165) is 12.0 Å². The van der Waals surface area contributed by atoms with Gasteiger partial charge in [0.1, 0.15) is 5.75 Å². The number of ether oxygens (including phenoxy) is 1. The zero-order valence-corrected chi connectivity index (χ0v) is 18.0. The number of Topliss-reactive ketones (excluding diaryl/α,β-unsaturated/α-hetero) is 1. The summed E-state index contributed by atoms with van der Waals surface area (Å²) in [5.41, 5.74) is 9.97. The zero-order chi connectivity index (χ0) is 19.8. The van der Waals surface area contributed by atoms with E-state index in [-0.39, 0.29) is 16.5 Å². The lowest BCUT2D eigenvalue weighted by atomic mass is 9.85. The van der Waals surface area contributed by atoms with Crippen molar-refractivity contribution in [2.45, 2.75) is 71.2 Å². The highest BCUT2D eigenvalue weighted by Gasteiger charge is 2.50. The number of fused-ring (bicyclic) bond motifs is 1. The molecule has 5 nitrogen and oxygen atoms in total. The summed E-state index contributed by atoms with van der Waals surface area (Å²) in [6, 6.07) is 5.48. The highest BCUT2D eigenvalue weighted by atomic mass is 28.4. The smallest absolute Gasteiger partial charge is 0.382 e. The van der Waals surface area contributed by atoms with Crippen LogP contribution in [-0.4, -0.2) is 36.8 Å². The van der Waals surface area contributed by atoms with Crippen LogP contribution in [0, 0.1) is 6.92 Å². The van der Waals surface area contributed by atoms with Crippen LogP contribution < -0.4 is 4.74 Å². The first-order valence-corrected chi connectivity index (χ1v) is 12.0. The van der Waals surface area contributed by atoms with E-state index in [1.165, 1.54) is 0 Å². The monoisotopic (exact) mass is 374 g/mol. The van der Waals surface area contributed by atoms with Crippen molar-refractivity contribution in [1.29, 1.82) is 0 Å². The second kappa shape index (κ2) is 7.10. The van der Waals surface area contributed by atoms with Gasteiger partial charge >= 0.3 is 5.71 Å². The van der Waals surface area contributed by atoms with E-state index >= 15 is 0 Å². The summed E-state index contributed by atoms with van der Waals surface area (Å²) in [6.45, 7) is 15.4. The van der Waals surface area contributed by atoms with Crippen molar-refractivity contribution in [2.24, 2.45) is 0 Å². The standard InChI is InChI=1S/C20H30N2O3Si/c1-14-9-10-16-15(13-14)17(23)18(22-21)20(5,25-16)11-8-12-24-26(6,7)19(2,3)4/h9-10,13H,8,11-12H2,1-7H3. The maximum Gasteiger partial charge on any atom is 0.382 e. The van der Waals surface area contributed by atoms with Gasteiger partial charge in [-0.2, -0.15) is 4.79 Å². The molecule has 0 aliphatic carbocycles. The minimum absolute atomic E-state index is 0.0583. The lowest BCUT2D eigenvalue weighted by molar-refractivity contribution is -0.0354. The first-order chi connectivity index (χ1) is 11.9. The maximum absolute atomic E-state index is 12.7. The Bertz CT molecular complexity index is 761. The molecule has 1 aliphatic heterocycles. The van der Waals surface area contributed by atoms with Gasteiger partial charge in [-0.05, 0) is 50.5 Å². The minimum atomic E-state index is -1.81. The quantitative estimate of drug-likeness (QED) is 0.321. The van der Waals surface area contributed by atoms with Gasteiger partial charge in [-0.15, -0.1) is 0 Å². The average molecular weight is 375 g/mol. The van der Waals surface area contributed by atoms with Gasteiger partial charge in [-0.25, -0.2) is 0 Å². The van der Waals surface area contributed by atoms with E-state index in [0.29, 0.717) is 24.3 Å². The molecule has 1 atom stereocenters. The Morgan fingerprint density at radius 3 is 2.54 bits per heavy atom. The van der Waals surface area contributed by atoms with Crippen LogP contribution in [0.25, 0.3) is 5.53 Å². The molecule has 26 heavy (non-hydrogen) atoms. The van der Waals surface area contributed by atoms with Gasteiger partial charge in [0.15, 0.2) is 8.32 Å². The Morgan fingerprint density at radius 2 is 1.96 bits per heavy atom. The Kier molecular flexibility index (Phi) is 5.62. The number of rotatable bonds is 5. The predicted molar refractivity (Wildman–Crippen MR) is 106 cm³/mol. The fraction of sp³-hybridized carbons (Fsp3) is 0.600.